The molecule has 4 aliphatic rings. The Labute approximate surface area is 235 Å². The quantitative estimate of drug-likeness (QED) is 0.340. The van der Waals surface area contributed by atoms with E-state index < -0.39 is 51.3 Å². The first-order valence-corrected chi connectivity index (χ1v) is 13.7. The second-order valence-electron chi connectivity index (χ2n) is 11.1. The first-order valence-electron chi connectivity index (χ1n) is 13.3. The van der Waals surface area contributed by atoms with Gasteiger partial charge in [0.15, 0.2) is 17.2 Å². The first-order chi connectivity index (χ1) is 19.5. The van der Waals surface area contributed by atoms with E-state index in [0.29, 0.717) is 26.1 Å². The lowest BCUT2D eigenvalue weighted by Crippen LogP contribution is -2.44. The topological polar surface area (TPSA) is 90.3 Å². The van der Waals surface area contributed by atoms with E-state index in [1.165, 1.54) is 0 Å². The average Bonchev–Trinajstić information content (AvgIpc) is 3.67. The van der Waals surface area contributed by atoms with Crippen molar-refractivity contribution in [2.45, 2.75) is 55.7 Å². The van der Waals surface area contributed by atoms with Crippen LogP contribution in [0.5, 0.6) is 5.75 Å². The summed E-state index contributed by atoms with van der Waals surface area (Å²) in [7, 11) is 0. The maximum atomic E-state index is 16.2. The van der Waals surface area contributed by atoms with Crippen LogP contribution < -0.4 is 10.2 Å². The molecule has 0 aliphatic carbocycles. The molecule has 0 amide bonds. The van der Waals surface area contributed by atoms with Gasteiger partial charge in [-0.3, -0.25) is 4.90 Å². The highest BCUT2D eigenvalue weighted by atomic mass is 35.5. The molecule has 4 fully saturated rings. The van der Waals surface area contributed by atoms with Gasteiger partial charge in [-0.25, -0.2) is 18.7 Å². The Morgan fingerprint density at radius 2 is 1.98 bits per heavy atom. The molecule has 4 saturated heterocycles. The van der Waals surface area contributed by atoms with Crippen LogP contribution in [0.1, 0.15) is 37.1 Å². The van der Waals surface area contributed by atoms with Crippen molar-refractivity contribution in [3.05, 3.63) is 34.4 Å². The lowest BCUT2D eigenvalue weighted by atomic mass is 9.94. The van der Waals surface area contributed by atoms with Crippen LogP contribution >= 0.6 is 11.6 Å². The van der Waals surface area contributed by atoms with Crippen molar-refractivity contribution in [3.8, 4) is 28.8 Å². The molecular formula is C27H23ClF5N7O. The summed E-state index contributed by atoms with van der Waals surface area (Å²) in [5.74, 6) is 4.54. The van der Waals surface area contributed by atoms with Crippen molar-refractivity contribution < 1.29 is 27.1 Å². The molecule has 2 aromatic heterocycles. The summed E-state index contributed by atoms with van der Waals surface area (Å²) in [5, 5.41) is 20.5. The van der Waals surface area contributed by atoms with E-state index >= 15 is 4.39 Å². The van der Waals surface area contributed by atoms with Gasteiger partial charge in [0, 0.05) is 43.7 Å². The van der Waals surface area contributed by atoms with Gasteiger partial charge in [0.25, 0.3) is 0 Å². The number of anilines is 1. The third-order valence-electron chi connectivity index (χ3n) is 8.48. The zero-order valence-corrected chi connectivity index (χ0v) is 22.2. The van der Waals surface area contributed by atoms with E-state index in [-0.39, 0.29) is 41.2 Å². The first kappa shape index (κ1) is 26.6. The molecule has 2 N–H and O–H groups in total. The van der Waals surface area contributed by atoms with Crippen LogP contribution in [0.25, 0.3) is 22.3 Å². The fourth-order valence-corrected chi connectivity index (χ4v) is 7.05. The summed E-state index contributed by atoms with van der Waals surface area (Å²) >= 11 is 5.83. The van der Waals surface area contributed by atoms with E-state index in [1.54, 1.807) is 0 Å². The van der Waals surface area contributed by atoms with Gasteiger partial charge in [-0.1, -0.05) is 17.5 Å². The summed E-state index contributed by atoms with van der Waals surface area (Å²) in [4.78, 5) is 12.9. The second kappa shape index (κ2) is 9.34. The zero-order valence-electron chi connectivity index (χ0n) is 21.4. The molecule has 4 atom stereocenters. The fraction of sp³-hybridized carbons (Fsp3) is 0.481. The number of rotatable bonds is 2. The van der Waals surface area contributed by atoms with Crippen molar-refractivity contribution in [2.24, 2.45) is 0 Å². The minimum absolute atomic E-state index is 0.0190. The van der Waals surface area contributed by atoms with E-state index in [9.17, 15) is 22.7 Å². The number of phenols is 1. The number of aromatic hydroxyl groups is 1. The second-order valence-corrected chi connectivity index (χ2v) is 11.5. The van der Waals surface area contributed by atoms with Crippen LogP contribution in [0.3, 0.4) is 0 Å². The maximum absolute atomic E-state index is 16.2. The van der Waals surface area contributed by atoms with Gasteiger partial charge in [-0.15, -0.1) is 10.2 Å². The van der Waals surface area contributed by atoms with Gasteiger partial charge >= 0.3 is 6.18 Å². The van der Waals surface area contributed by atoms with E-state index in [0.717, 1.165) is 31.5 Å². The van der Waals surface area contributed by atoms with Crippen LogP contribution in [0.4, 0.5) is 27.8 Å². The molecule has 4 aliphatic heterocycles. The number of nitrogens with one attached hydrogen (secondary N) is 1. The monoisotopic (exact) mass is 591 g/mol. The van der Waals surface area contributed by atoms with Gasteiger partial charge < -0.3 is 15.3 Å². The highest BCUT2D eigenvalue weighted by Crippen LogP contribution is 2.44. The van der Waals surface area contributed by atoms with Crippen molar-refractivity contribution in [3.63, 3.8) is 0 Å². The van der Waals surface area contributed by atoms with E-state index in [4.69, 9.17) is 11.6 Å². The number of nitrogens with zero attached hydrogens (tertiary/aromatic N) is 6. The molecule has 2 bridgehead atoms. The Bertz CT molecular complexity index is 1640. The Balaban J connectivity index is 1.42. The molecule has 41 heavy (non-hydrogen) atoms. The lowest BCUT2D eigenvalue weighted by Gasteiger charge is -2.29. The summed E-state index contributed by atoms with van der Waals surface area (Å²) in [6.07, 6.45) is -3.32. The Morgan fingerprint density at radius 1 is 1.15 bits per heavy atom. The number of halogens is 6. The average molecular weight is 592 g/mol. The van der Waals surface area contributed by atoms with Crippen LogP contribution in [0.15, 0.2) is 12.1 Å². The summed E-state index contributed by atoms with van der Waals surface area (Å²) < 4.78 is 72.3. The Kier molecular flexibility index (Phi) is 6.05. The largest absolute Gasteiger partial charge is 0.508 e. The van der Waals surface area contributed by atoms with E-state index in [2.05, 4.69) is 37.3 Å². The molecular weight excluding hydrogens is 569 g/mol. The molecule has 3 aromatic rings. The number of hydrogen-bond donors (Lipinski definition) is 2. The molecule has 14 heteroatoms. The zero-order chi connectivity index (χ0) is 28.7. The predicted molar refractivity (Wildman–Crippen MR) is 140 cm³/mol. The molecule has 6 heterocycles. The third-order valence-corrected chi connectivity index (χ3v) is 8.78. The number of benzene rings is 1. The van der Waals surface area contributed by atoms with Crippen LogP contribution in [-0.4, -0.2) is 80.1 Å². The standard InChI is InChI=1S/C27H23ClF5N7O/c28-18-8-16(41)7-17(20(18)27(31,32)33)22-21(30)23-24(38-37-22)25(40-12-14-6-15(40)10-34-14)36-19(35-23)2-4-26-3-1-5-39(26)11-13(29)9-26/h7-8,13-15,34,41H,1,3,5-6,9-12H2/t13-,14+,15+,26-/m1/s1. The van der Waals surface area contributed by atoms with Crippen molar-refractivity contribution in [1.82, 2.24) is 30.4 Å². The summed E-state index contributed by atoms with van der Waals surface area (Å²) in [6.45, 7) is 2.27. The molecule has 1 aromatic carbocycles. The highest BCUT2D eigenvalue weighted by molar-refractivity contribution is 6.32. The van der Waals surface area contributed by atoms with Crippen LogP contribution in [0, 0.1) is 17.7 Å². The maximum Gasteiger partial charge on any atom is 0.418 e. The number of fused-ring (bicyclic) bond motifs is 4. The normalized spacial score (nSPS) is 27.5. The molecule has 214 valence electrons. The molecule has 7 rings (SSSR count). The number of piperazine rings is 1. The number of hydrogen-bond acceptors (Lipinski definition) is 8. The number of aromatic nitrogens is 4. The Hall–Kier alpha value is -3.34. The van der Waals surface area contributed by atoms with Crippen LogP contribution in [0.2, 0.25) is 5.02 Å². The van der Waals surface area contributed by atoms with Gasteiger partial charge in [0.1, 0.15) is 23.1 Å². The van der Waals surface area contributed by atoms with Crippen molar-refractivity contribution in [2.75, 3.05) is 31.1 Å². The van der Waals surface area contributed by atoms with Crippen molar-refractivity contribution in [1.29, 1.82) is 0 Å². The van der Waals surface area contributed by atoms with Gasteiger partial charge in [0.05, 0.1) is 16.1 Å². The van der Waals surface area contributed by atoms with Gasteiger partial charge in [0.2, 0.25) is 5.82 Å². The predicted octanol–water partition coefficient (Wildman–Crippen LogP) is 4.08. The minimum atomic E-state index is -4.97. The molecule has 0 unspecified atom stereocenters. The van der Waals surface area contributed by atoms with Gasteiger partial charge in [-0.2, -0.15) is 13.2 Å². The smallest absolute Gasteiger partial charge is 0.418 e. The molecule has 0 saturated carbocycles. The fourth-order valence-electron chi connectivity index (χ4n) is 6.73. The third kappa shape index (κ3) is 4.35. The number of alkyl halides is 4. The molecule has 0 spiro atoms. The summed E-state index contributed by atoms with van der Waals surface area (Å²) in [5.41, 5.74) is -3.93. The Morgan fingerprint density at radius 3 is 2.71 bits per heavy atom. The SMILES string of the molecule is Oc1cc(Cl)c(C(F)(F)F)c(-c2nnc3c(N4C[C@@H]5C[C@H]4CN5)nc(C#C[C@@]45CCCN4C[C@H](F)C5)nc3c2F)c1. The number of phenolic OH excluding ortho intramolecular Hbond substituents is 1. The van der Waals surface area contributed by atoms with Crippen LogP contribution in [-0.2, 0) is 6.18 Å². The van der Waals surface area contributed by atoms with Gasteiger partial charge in [-0.05, 0) is 43.9 Å². The lowest BCUT2D eigenvalue weighted by molar-refractivity contribution is -0.137. The summed E-state index contributed by atoms with van der Waals surface area (Å²) in [6, 6.07) is 1.71. The molecule has 8 nitrogen and oxygen atoms in total. The highest BCUT2D eigenvalue weighted by Gasteiger charge is 2.48. The minimum Gasteiger partial charge on any atom is -0.508 e. The molecule has 0 radical (unpaired) electrons. The van der Waals surface area contributed by atoms with E-state index in [1.807, 2.05) is 9.80 Å². The van der Waals surface area contributed by atoms with Crippen molar-refractivity contribution >= 4 is 28.5 Å².